The minimum absolute atomic E-state index is 0.226. The third-order valence-corrected chi connectivity index (χ3v) is 5.98. The van der Waals surface area contributed by atoms with Crippen LogP contribution in [0.1, 0.15) is 69.7 Å². The molecule has 1 saturated heterocycles. The zero-order valence-corrected chi connectivity index (χ0v) is 19.4. The molecule has 0 bridgehead atoms. The summed E-state index contributed by atoms with van der Waals surface area (Å²) >= 11 is 0. The Bertz CT molecular complexity index is 1050. The lowest BCUT2D eigenvalue weighted by atomic mass is 9.62. The summed E-state index contributed by atoms with van der Waals surface area (Å²) in [6.45, 7) is 11.9. The standard InChI is InChI=1S/C25H30FN3O3/c1-16(2)17-7-9-19(10-8-17)25(31,20-11-18(12-27)21(26)28-13-20)24(6)14-29(15-24)22(30)32-23(3,4)5/h7-11,13,16,31H,14-15H2,1-6H3/t25-/m0/s1. The fourth-order valence-electron chi connectivity index (χ4n) is 4.18. The summed E-state index contributed by atoms with van der Waals surface area (Å²) in [4.78, 5) is 17.7. The second kappa shape index (κ2) is 8.18. The first-order chi connectivity index (χ1) is 14.8. The Balaban J connectivity index is 2.04. The van der Waals surface area contributed by atoms with Gasteiger partial charge in [-0.15, -0.1) is 0 Å². The van der Waals surface area contributed by atoms with Crippen LogP contribution in [0.2, 0.25) is 0 Å². The van der Waals surface area contributed by atoms with E-state index < -0.39 is 28.7 Å². The molecule has 2 heterocycles. The summed E-state index contributed by atoms with van der Waals surface area (Å²) in [6, 6.07) is 10.7. The first-order valence-corrected chi connectivity index (χ1v) is 10.7. The highest BCUT2D eigenvalue weighted by molar-refractivity contribution is 5.70. The summed E-state index contributed by atoms with van der Waals surface area (Å²) in [5.41, 5.74) is -1.28. The van der Waals surface area contributed by atoms with E-state index in [2.05, 4.69) is 18.8 Å². The van der Waals surface area contributed by atoms with Gasteiger partial charge in [-0.25, -0.2) is 9.78 Å². The van der Waals surface area contributed by atoms with Crippen molar-refractivity contribution in [3.63, 3.8) is 0 Å². The molecule has 1 aromatic carbocycles. The highest BCUT2D eigenvalue weighted by atomic mass is 19.1. The van der Waals surface area contributed by atoms with E-state index in [1.54, 1.807) is 26.8 Å². The third kappa shape index (κ3) is 4.20. The quantitative estimate of drug-likeness (QED) is 0.698. The molecular formula is C25H30FN3O3. The molecule has 6 nitrogen and oxygen atoms in total. The van der Waals surface area contributed by atoms with Gasteiger partial charge in [0.15, 0.2) is 0 Å². The topological polar surface area (TPSA) is 86.5 Å². The normalized spacial score (nSPS) is 17.3. The lowest BCUT2D eigenvalue weighted by Crippen LogP contribution is -2.66. The molecule has 170 valence electrons. The highest BCUT2D eigenvalue weighted by Crippen LogP contribution is 2.51. The van der Waals surface area contributed by atoms with Crippen LogP contribution in [0.5, 0.6) is 0 Å². The van der Waals surface area contributed by atoms with Crippen LogP contribution in [-0.4, -0.2) is 39.8 Å². The first kappa shape index (κ1) is 23.7. The zero-order valence-electron chi connectivity index (χ0n) is 19.4. The molecule has 1 aromatic heterocycles. The molecule has 32 heavy (non-hydrogen) atoms. The number of carbonyl (C=O) groups is 1. The Hall–Kier alpha value is -2.98. The van der Waals surface area contributed by atoms with Crippen LogP contribution in [0.3, 0.4) is 0 Å². The van der Waals surface area contributed by atoms with E-state index in [4.69, 9.17) is 4.74 Å². The minimum Gasteiger partial charge on any atom is -0.444 e. The van der Waals surface area contributed by atoms with Crippen molar-refractivity contribution in [2.75, 3.05) is 13.1 Å². The van der Waals surface area contributed by atoms with Crippen molar-refractivity contribution in [3.05, 3.63) is 64.7 Å². The zero-order chi connectivity index (χ0) is 23.9. The Morgan fingerprint density at radius 3 is 2.34 bits per heavy atom. The Morgan fingerprint density at radius 2 is 1.84 bits per heavy atom. The number of nitrogens with zero attached hydrogens (tertiary/aromatic N) is 3. The van der Waals surface area contributed by atoms with E-state index in [1.165, 1.54) is 17.2 Å². The predicted octanol–water partition coefficient (Wildman–Crippen LogP) is 4.71. The van der Waals surface area contributed by atoms with Gasteiger partial charge in [-0.2, -0.15) is 9.65 Å². The maximum absolute atomic E-state index is 13.9. The molecule has 1 amide bonds. The van der Waals surface area contributed by atoms with Gasteiger partial charge in [-0.3, -0.25) is 0 Å². The van der Waals surface area contributed by atoms with Crippen LogP contribution in [0.25, 0.3) is 0 Å². The van der Waals surface area contributed by atoms with Gasteiger partial charge in [0.2, 0.25) is 5.95 Å². The van der Waals surface area contributed by atoms with Gasteiger partial charge in [0.05, 0.1) is 0 Å². The predicted molar refractivity (Wildman–Crippen MR) is 118 cm³/mol. The summed E-state index contributed by atoms with van der Waals surface area (Å²) in [7, 11) is 0. The average Bonchev–Trinajstić information content (AvgIpc) is 2.69. The Morgan fingerprint density at radius 1 is 1.25 bits per heavy atom. The number of pyridine rings is 1. The van der Waals surface area contributed by atoms with Crippen molar-refractivity contribution < 1.29 is 19.0 Å². The van der Waals surface area contributed by atoms with Crippen molar-refractivity contribution in [2.24, 2.45) is 5.41 Å². The van der Waals surface area contributed by atoms with Crippen molar-refractivity contribution in [3.8, 4) is 6.07 Å². The smallest absolute Gasteiger partial charge is 0.410 e. The van der Waals surface area contributed by atoms with Crippen molar-refractivity contribution in [2.45, 2.75) is 58.7 Å². The molecule has 1 fully saturated rings. The number of halogens is 1. The molecule has 1 atom stereocenters. The van der Waals surface area contributed by atoms with E-state index in [0.717, 1.165) is 5.56 Å². The molecule has 0 radical (unpaired) electrons. The minimum atomic E-state index is -1.60. The molecule has 7 heteroatoms. The first-order valence-electron chi connectivity index (χ1n) is 10.7. The monoisotopic (exact) mass is 439 g/mol. The molecule has 2 aromatic rings. The third-order valence-electron chi connectivity index (χ3n) is 5.98. The van der Waals surface area contributed by atoms with Gasteiger partial charge in [-0.1, -0.05) is 45.0 Å². The summed E-state index contributed by atoms with van der Waals surface area (Å²) in [5, 5.41) is 21.4. The molecule has 1 N–H and O–H groups in total. The van der Waals surface area contributed by atoms with Gasteiger partial charge in [0, 0.05) is 30.3 Å². The molecular weight excluding hydrogens is 409 g/mol. The van der Waals surface area contributed by atoms with Crippen molar-refractivity contribution >= 4 is 6.09 Å². The lowest BCUT2D eigenvalue weighted by molar-refractivity contribution is -0.131. The second-order valence-corrected chi connectivity index (χ2v) is 10.1. The molecule has 1 aliphatic heterocycles. The number of benzene rings is 1. The lowest BCUT2D eigenvalue weighted by Gasteiger charge is -2.56. The molecule has 0 aliphatic carbocycles. The maximum Gasteiger partial charge on any atom is 0.410 e. The fraction of sp³-hybridized carbons (Fsp3) is 0.480. The molecule has 1 aliphatic rings. The van der Waals surface area contributed by atoms with Crippen LogP contribution in [0, 0.1) is 22.7 Å². The van der Waals surface area contributed by atoms with Gasteiger partial charge < -0.3 is 14.7 Å². The summed E-state index contributed by atoms with van der Waals surface area (Å²) in [6.07, 6.45) is 0.802. The number of carbonyl (C=O) groups excluding carboxylic acids is 1. The fourth-order valence-corrected chi connectivity index (χ4v) is 4.18. The van der Waals surface area contributed by atoms with Crippen LogP contribution >= 0.6 is 0 Å². The molecule has 0 saturated carbocycles. The van der Waals surface area contributed by atoms with Gasteiger partial charge in [0.25, 0.3) is 0 Å². The number of nitriles is 1. The van der Waals surface area contributed by atoms with Crippen LogP contribution in [0.4, 0.5) is 9.18 Å². The van der Waals surface area contributed by atoms with Crippen LogP contribution < -0.4 is 0 Å². The molecule has 0 unspecified atom stereocenters. The average molecular weight is 440 g/mol. The van der Waals surface area contributed by atoms with Crippen LogP contribution in [-0.2, 0) is 10.3 Å². The molecule has 3 rings (SSSR count). The largest absolute Gasteiger partial charge is 0.444 e. The number of amides is 1. The van der Waals surface area contributed by atoms with E-state index in [-0.39, 0.29) is 18.7 Å². The SMILES string of the molecule is CC(C)c1ccc([C@](O)(c2cnc(F)c(C#N)c2)C2(C)CN(C(=O)OC(C)(C)C)C2)cc1. The second-order valence-electron chi connectivity index (χ2n) is 10.1. The highest BCUT2D eigenvalue weighted by Gasteiger charge is 2.58. The summed E-state index contributed by atoms with van der Waals surface area (Å²) in [5.74, 6) is -0.570. The number of hydrogen-bond acceptors (Lipinski definition) is 5. The van der Waals surface area contributed by atoms with Crippen molar-refractivity contribution in [1.82, 2.24) is 9.88 Å². The van der Waals surface area contributed by atoms with Crippen molar-refractivity contribution in [1.29, 1.82) is 5.26 Å². The Kier molecular flexibility index (Phi) is 6.05. The number of aromatic nitrogens is 1. The van der Waals surface area contributed by atoms with E-state index in [9.17, 15) is 19.6 Å². The van der Waals surface area contributed by atoms with Gasteiger partial charge in [0.1, 0.15) is 22.8 Å². The van der Waals surface area contributed by atoms with Crippen LogP contribution in [0.15, 0.2) is 36.5 Å². The number of hydrogen-bond donors (Lipinski definition) is 1. The van der Waals surface area contributed by atoms with E-state index >= 15 is 0 Å². The number of rotatable bonds is 4. The number of aliphatic hydroxyl groups is 1. The summed E-state index contributed by atoms with van der Waals surface area (Å²) < 4.78 is 19.4. The van der Waals surface area contributed by atoms with E-state index in [0.29, 0.717) is 17.0 Å². The molecule has 0 spiro atoms. The number of likely N-dealkylation sites (tertiary alicyclic amines) is 1. The van der Waals surface area contributed by atoms with Gasteiger partial charge >= 0.3 is 6.09 Å². The maximum atomic E-state index is 13.9. The van der Waals surface area contributed by atoms with Gasteiger partial charge in [-0.05, 0) is 43.9 Å². The van der Waals surface area contributed by atoms with E-state index in [1.807, 2.05) is 31.2 Å². The number of ether oxygens (including phenoxy) is 1. The Labute approximate surface area is 188 Å².